The predicted octanol–water partition coefficient (Wildman–Crippen LogP) is 2.76. The molecule has 80 valence electrons. The third-order valence-electron chi connectivity index (χ3n) is 2.26. The monoisotopic (exact) mass is 195 g/mol. The summed E-state index contributed by atoms with van der Waals surface area (Å²) < 4.78 is 2.01. The lowest BCUT2D eigenvalue weighted by Gasteiger charge is -2.33. The predicted molar refractivity (Wildman–Crippen MR) is 58.2 cm³/mol. The van der Waals surface area contributed by atoms with Gasteiger partial charge in [0, 0.05) is 0 Å². The first-order valence-electron chi connectivity index (χ1n) is 5.10. The fraction of sp³-hybridized carbons (Fsp3) is 0.818. The van der Waals surface area contributed by atoms with Gasteiger partial charge in [0.05, 0.1) is 17.4 Å². The van der Waals surface area contributed by atoms with Gasteiger partial charge in [-0.1, -0.05) is 26.0 Å². The Balaban J connectivity index is 2.91. The lowest BCUT2D eigenvalue weighted by molar-refractivity contribution is 0.192. The highest BCUT2D eigenvalue weighted by atomic mass is 15.4. The van der Waals surface area contributed by atoms with Crippen LogP contribution in [-0.4, -0.2) is 15.0 Å². The minimum atomic E-state index is 0.0405. The third kappa shape index (κ3) is 2.56. The maximum atomic E-state index is 4.14. The molecule has 0 fully saturated rings. The highest BCUT2D eigenvalue weighted by molar-refractivity contribution is 4.95. The summed E-state index contributed by atoms with van der Waals surface area (Å²) in [6.45, 7) is 13.2. The molecule has 1 rings (SSSR count). The van der Waals surface area contributed by atoms with Gasteiger partial charge in [0.1, 0.15) is 0 Å². The largest absolute Gasteiger partial charge is 0.244 e. The van der Waals surface area contributed by atoms with Crippen LogP contribution >= 0.6 is 0 Å². The first kappa shape index (κ1) is 11.2. The van der Waals surface area contributed by atoms with Crippen LogP contribution in [0.3, 0.4) is 0 Å². The highest BCUT2D eigenvalue weighted by Crippen LogP contribution is 2.31. The second kappa shape index (κ2) is 3.37. The average molecular weight is 195 g/mol. The van der Waals surface area contributed by atoms with Crippen molar-refractivity contribution in [3.05, 3.63) is 11.9 Å². The Kier molecular flexibility index (Phi) is 2.70. The molecule has 1 aromatic heterocycles. The zero-order chi connectivity index (χ0) is 11.0. The molecule has 0 unspecified atom stereocenters. The molecule has 14 heavy (non-hydrogen) atoms. The number of aromatic nitrogens is 3. The van der Waals surface area contributed by atoms with Gasteiger partial charge in [0.25, 0.3) is 0 Å². The fourth-order valence-electron chi connectivity index (χ4n) is 2.26. The molecule has 0 amide bonds. The quantitative estimate of drug-likeness (QED) is 0.726. The Morgan fingerprint density at radius 3 is 2.14 bits per heavy atom. The van der Waals surface area contributed by atoms with Gasteiger partial charge in [0.2, 0.25) is 0 Å². The van der Waals surface area contributed by atoms with Crippen LogP contribution in [0.2, 0.25) is 0 Å². The average Bonchev–Trinajstić information content (AvgIpc) is 2.29. The van der Waals surface area contributed by atoms with E-state index in [1.54, 1.807) is 0 Å². The van der Waals surface area contributed by atoms with Crippen molar-refractivity contribution in [2.24, 2.45) is 5.41 Å². The SMILES string of the molecule is Cc1cnnn1C(C)(C)CC(C)(C)C. The standard InChI is InChI=1S/C11H21N3/c1-9-7-12-13-14(9)11(5,6)8-10(2,3)4/h7H,8H2,1-6H3. The maximum Gasteiger partial charge on any atom is 0.0722 e. The summed E-state index contributed by atoms with van der Waals surface area (Å²) >= 11 is 0. The molecule has 0 aliphatic heterocycles. The molecule has 0 saturated carbocycles. The van der Waals surface area contributed by atoms with Crippen molar-refractivity contribution in [3.63, 3.8) is 0 Å². The molecule has 0 spiro atoms. The molecule has 0 aliphatic carbocycles. The summed E-state index contributed by atoms with van der Waals surface area (Å²) in [5.74, 6) is 0. The van der Waals surface area contributed by atoms with E-state index < -0.39 is 0 Å². The van der Waals surface area contributed by atoms with Gasteiger partial charge in [-0.15, -0.1) is 5.10 Å². The summed E-state index contributed by atoms with van der Waals surface area (Å²) in [5.41, 5.74) is 1.47. The normalized spacial score (nSPS) is 13.3. The molecule has 0 bridgehead atoms. The van der Waals surface area contributed by atoms with Gasteiger partial charge in [0.15, 0.2) is 0 Å². The van der Waals surface area contributed by atoms with Crippen LogP contribution in [0.25, 0.3) is 0 Å². The first-order chi connectivity index (χ1) is 6.22. The molecule has 3 heteroatoms. The van der Waals surface area contributed by atoms with Crippen LogP contribution in [0.1, 0.15) is 46.7 Å². The molecule has 0 N–H and O–H groups in total. The third-order valence-corrected chi connectivity index (χ3v) is 2.26. The van der Waals surface area contributed by atoms with Gasteiger partial charge in [-0.05, 0) is 32.6 Å². The molecule has 1 heterocycles. The molecule has 0 aromatic carbocycles. The number of rotatable bonds is 2. The molecule has 1 aromatic rings. The first-order valence-corrected chi connectivity index (χ1v) is 5.10. The zero-order valence-electron chi connectivity index (χ0n) is 10.1. The molecular weight excluding hydrogens is 174 g/mol. The minimum absolute atomic E-state index is 0.0405. The number of nitrogens with zero attached hydrogens (tertiary/aromatic N) is 3. The van der Waals surface area contributed by atoms with Crippen LogP contribution < -0.4 is 0 Å². The van der Waals surface area contributed by atoms with E-state index in [4.69, 9.17) is 0 Å². The Morgan fingerprint density at radius 1 is 1.21 bits per heavy atom. The Hall–Kier alpha value is -0.860. The van der Waals surface area contributed by atoms with Crippen molar-refractivity contribution in [2.45, 2.75) is 53.5 Å². The Bertz CT molecular complexity index is 305. The van der Waals surface area contributed by atoms with Gasteiger partial charge >= 0.3 is 0 Å². The Morgan fingerprint density at radius 2 is 1.79 bits per heavy atom. The molecule has 0 saturated heterocycles. The van der Waals surface area contributed by atoms with Crippen molar-refractivity contribution in [1.82, 2.24) is 15.0 Å². The van der Waals surface area contributed by atoms with Crippen molar-refractivity contribution in [3.8, 4) is 0 Å². The van der Waals surface area contributed by atoms with E-state index >= 15 is 0 Å². The summed E-state index contributed by atoms with van der Waals surface area (Å²) in [7, 11) is 0. The van der Waals surface area contributed by atoms with E-state index in [0.717, 1.165) is 12.1 Å². The zero-order valence-corrected chi connectivity index (χ0v) is 10.1. The Labute approximate surface area is 86.5 Å². The van der Waals surface area contributed by atoms with Crippen LogP contribution in [0, 0.1) is 12.3 Å². The highest BCUT2D eigenvalue weighted by Gasteiger charge is 2.28. The van der Waals surface area contributed by atoms with E-state index in [-0.39, 0.29) is 5.54 Å². The van der Waals surface area contributed by atoms with E-state index in [9.17, 15) is 0 Å². The van der Waals surface area contributed by atoms with E-state index in [2.05, 4.69) is 44.9 Å². The maximum absolute atomic E-state index is 4.14. The minimum Gasteiger partial charge on any atom is -0.244 e. The smallest absolute Gasteiger partial charge is 0.0722 e. The van der Waals surface area contributed by atoms with Crippen molar-refractivity contribution >= 4 is 0 Å². The molecule has 0 atom stereocenters. The van der Waals surface area contributed by atoms with Gasteiger partial charge < -0.3 is 0 Å². The number of hydrogen-bond acceptors (Lipinski definition) is 2. The van der Waals surface area contributed by atoms with E-state index in [0.29, 0.717) is 5.41 Å². The molecule has 0 aliphatic rings. The lowest BCUT2D eigenvalue weighted by Crippen LogP contribution is -2.33. The van der Waals surface area contributed by atoms with Crippen LogP contribution in [0.5, 0.6) is 0 Å². The van der Waals surface area contributed by atoms with E-state index in [1.807, 2.05) is 17.8 Å². The van der Waals surface area contributed by atoms with Crippen molar-refractivity contribution < 1.29 is 0 Å². The number of hydrogen-bond donors (Lipinski definition) is 0. The molecule has 3 nitrogen and oxygen atoms in total. The van der Waals surface area contributed by atoms with Gasteiger partial charge in [-0.3, -0.25) is 0 Å². The second-order valence-corrected chi connectivity index (χ2v) is 5.84. The summed E-state index contributed by atoms with van der Waals surface area (Å²) in [4.78, 5) is 0. The topological polar surface area (TPSA) is 30.7 Å². The summed E-state index contributed by atoms with van der Waals surface area (Å²) in [6, 6.07) is 0. The van der Waals surface area contributed by atoms with Crippen molar-refractivity contribution in [1.29, 1.82) is 0 Å². The lowest BCUT2D eigenvalue weighted by atomic mass is 9.82. The fourth-order valence-corrected chi connectivity index (χ4v) is 2.26. The van der Waals surface area contributed by atoms with Crippen molar-refractivity contribution in [2.75, 3.05) is 0 Å². The molecule has 0 radical (unpaired) electrons. The summed E-state index contributed by atoms with van der Waals surface area (Å²) in [6.07, 6.45) is 2.90. The van der Waals surface area contributed by atoms with Gasteiger partial charge in [-0.2, -0.15) is 0 Å². The van der Waals surface area contributed by atoms with Gasteiger partial charge in [-0.25, -0.2) is 4.68 Å². The second-order valence-electron chi connectivity index (χ2n) is 5.84. The van der Waals surface area contributed by atoms with E-state index in [1.165, 1.54) is 0 Å². The summed E-state index contributed by atoms with van der Waals surface area (Å²) in [5, 5.41) is 8.07. The van der Waals surface area contributed by atoms with Crippen LogP contribution in [0.15, 0.2) is 6.20 Å². The number of aryl methyl sites for hydroxylation is 1. The molecular formula is C11H21N3. The van der Waals surface area contributed by atoms with Crippen LogP contribution in [-0.2, 0) is 5.54 Å². The van der Waals surface area contributed by atoms with Crippen LogP contribution in [0.4, 0.5) is 0 Å².